The molecule has 2 aliphatic rings. The van der Waals surface area contributed by atoms with E-state index in [9.17, 15) is 4.79 Å². The second kappa shape index (κ2) is 14.5. The van der Waals surface area contributed by atoms with Gasteiger partial charge in [0.1, 0.15) is 18.3 Å². The molecule has 5 atom stereocenters. The number of ether oxygens (including phenoxy) is 4. The number of carbonyl (C=O) groups is 1. The maximum atomic E-state index is 13.4. The fourth-order valence-electron chi connectivity index (χ4n) is 6.34. The van der Waals surface area contributed by atoms with Crippen LogP contribution in [-0.4, -0.2) is 67.5 Å². The molecule has 2 fully saturated rings. The van der Waals surface area contributed by atoms with E-state index in [2.05, 4.69) is 55.4 Å². The Morgan fingerprint density at radius 2 is 1.37 bits per heavy atom. The number of carbonyl (C=O) groups excluding carboxylic acids is 1. The molecule has 0 amide bonds. The van der Waals surface area contributed by atoms with Crippen molar-refractivity contribution in [1.82, 2.24) is 0 Å². The highest BCUT2D eigenvalue weighted by molar-refractivity contribution is 6.84. The summed E-state index contributed by atoms with van der Waals surface area (Å²) >= 11 is 0. The molecule has 2 heterocycles. The van der Waals surface area contributed by atoms with Gasteiger partial charge in [0.25, 0.3) is 0 Å². The average Bonchev–Trinajstić information content (AvgIpc) is 2.97. The largest absolute Gasteiger partial charge is 0.450 e. The first kappa shape index (κ1) is 34.0. The molecule has 2 saturated heterocycles. The predicted molar refractivity (Wildman–Crippen MR) is 170 cm³/mol. The summed E-state index contributed by atoms with van der Waals surface area (Å²) in [6.45, 7) is 18.0. The molecule has 8 nitrogen and oxygen atoms in total. The van der Waals surface area contributed by atoms with Gasteiger partial charge in [-0.3, -0.25) is 0 Å². The van der Waals surface area contributed by atoms with Gasteiger partial charge >= 0.3 is 23.1 Å². The number of hydrogen-bond donors (Lipinski definition) is 0. The average molecular weight is 631 g/mol. The third-order valence-electron chi connectivity index (χ3n) is 8.70. The van der Waals surface area contributed by atoms with Crippen LogP contribution >= 0.6 is 0 Å². The van der Waals surface area contributed by atoms with Crippen molar-refractivity contribution in [2.75, 3.05) is 13.7 Å². The molecule has 0 aliphatic carbocycles. The van der Waals surface area contributed by atoms with Crippen LogP contribution in [0.25, 0.3) is 0 Å². The summed E-state index contributed by atoms with van der Waals surface area (Å²) in [5.74, 6) is -0.483. The summed E-state index contributed by atoms with van der Waals surface area (Å²) in [7, 11) is -4.14. The molecule has 0 unspecified atom stereocenters. The third kappa shape index (κ3) is 7.17. The van der Waals surface area contributed by atoms with Crippen molar-refractivity contribution in [3.8, 4) is 0 Å². The Labute approximate surface area is 259 Å². The minimum Gasteiger partial charge on any atom is -0.450 e. The summed E-state index contributed by atoms with van der Waals surface area (Å²) in [5, 5.41) is 0. The molecule has 0 N–H and O–H groups in total. The van der Waals surface area contributed by atoms with Crippen LogP contribution in [0, 0.1) is 0 Å². The monoisotopic (exact) mass is 630 g/mol. The first-order valence-electron chi connectivity index (χ1n) is 15.6. The highest BCUT2D eigenvalue weighted by atomic mass is 28.5. The van der Waals surface area contributed by atoms with Crippen molar-refractivity contribution >= 4 is 23.1 Å². The quantitative estimate of drug-likeness (QED) is 0.203. The van der Waals surface area contributed by atoms with Crippen LogP contribution in [0.2, 0.25) is 22.2 Å². The minimum absolute atomic E-state index is 0.120. The van der Waals surface area contributed by atoms with E-state index in [4.69, 9.17) is 31.9 Å². The second-order valence-electron chi connectivity index (χ2n) is 12.8. The molecule has 43 heavy (non-hydrogen) atoms. The Morgan fingerprint density at radius 1 is 0.814 bits per heavy atom. The van der Waals surface area contributed by atoms with Crippen molar-refractivity contribution in [2.24, 2.45) is 0 Å². The zero-order valence-electron chi connectivity index (χ0n) is 27.1. The number of fused-ring (bicyclic) bond motifs is 1. The summed E-state index contributed by atoms with van der Waals surface area (Å²) in [6, 6.07) is 18.8. The van der Waals surface area contributed by atoms with Crippen LogP contribution in [0.15, 0.2) is 60.7 Å². The number of methoxy groups -OCH3 is 1. The molecule has 0 bridgehead atoms. The normalized spacial score (nSPS) is 27.1. The fourth-order valence-corrected chi connectivity index (χ4v) is 17.5. The van der Waals surface area contributed by atoms with Gasteiger partial charge in [0, 0.05) is 7.11 Å². The van der Waals surface area contributed by atoms with Gasteiger partial charge in [0.15, 0.2) is 12.4 Å². The first-order valence-corrected chi connectivity index (χ1v) is 19.5. The lowest BCUT2D eigenvalue weighted by Gasteiger charge is -2.55. The lowest BCUT2D eigenvalue weighted by Crippen LogP contribution is -2.70. The molecule has 0 spiro atoms. The first-order chi connectivity index (χ1) is 20.4. The number of benzene rings is 2. The van der Waals surface area contributed by atoms with Gasteiger partial charge in [-0.2, -0.15) is 0 Å². The molecule has 0 radical (unpaired) electrons. The number of hydrogen-bond acceptors (Lipinski definition) is 8. The van der Waals surface area contributed by atoms with Gasteiger partial charge < -0.3 is 31.9 Å². The van der Waals surface area contributed by atoms with E-state index in [-0.39, 0.29) is 35.4 Å². The number of esters is 1. The Balaban J connectivity index is 1.75. The third-order valence-corrected chi connectivity index (χ3v) is 19.0. The van der Waals surface area contributed by atoms with E-state index in [0.717, 1.165) is 5.56 Å². The molecule has 2 aromatic rings. The minimum atomic E-state index is -2.98. The molecule has 4 rings (SSSR count). The van der Waals surface area contributed by atoms with Gasteiger partial charge in [-0.05, 0) is 39.9 Å². The summed E-state index contributed by atoms with van der Waals surface area (Å²) < 4.78 is 46.9. The highest BCUT2D eigenvalue weighted by Gasteiger charge is 2.62. The van der Waals surface area contributed by atoms with E-state index >= 15 is 0 Å². The van der Waals surface area contributed by atoms with E-state index in [1.165, 1.54) is 0 Å². The van der Waals surface area contributed by atoms with Crippen LogP contribution in [0.4, 0.5) is 0 Å². The lowest BCUT2D eigenvalue weighted by atomic mass is 9.98. The molecule has 2 aromatic carbocycles. The van der Waals surface area contributed by atoms with E-state index < -0.39 is 53.8 Å². The van der Waals surface area contributed by atoms with E-state index in [1.807, 2.05) is 36.4 Å². The Hall–Kier alpha value is -1.90. The lowest BCUT2D eigenvalue weighted by molar-refractivity contribution is -0.306. The van der Waals surface area contributed by atoms with Gasteiger partial charge in [0.2, 0.25) is 0 Å². The van der Waals surface area contributed by atoms with Crippen molar-refractivity contribution in [2.45, 2.75) is 115 Å². The van der Waals surface area contributed by atoms with Crippen molar-refractivity contribution in [1.29, 1.82) is 0 Å². The van der Waals surface area contributed by atoms with Crippen molar-refractivity contribution < 1.29 is 36.7 Å². The van der Waals surface area contributed by atoms with Crippen molar-refractivity contribution in [3.05, 3.63) is 71.8 Å². The van der Waals surface area contributed by atoms with Crippen LogP contribution < -0.4 is 0 Å². The predicted octanol–water partition coefficient (Wildman–Crippen LogP) is 7.13. The van der Waals surface area contributed by atoms with Crippen LogP contribution in [0.3, 0.4) is 0 Å². The topological polar surface area (TPSA) is 81.7 Å². The van der Waals surface area contributed by atoms with Gasteiger partial charge in [-0.25, -0.2) is 4.79 Å². The second-order valence-corrected chi connectivity index (χ2v) is 21.7. The summed E-state index contributed by atoms with van der Waals surface area (Å²) in [4.78, 5) is 13.4. The molecule has 238 valence electrons. The zero-order chi connectivity index (χ0) is 31.4. The molecule has 10 heteroatoms. The maximum Gasteiger partial charge on any atom is 0.338 e. The summed E-state index contributed by atoms with van der Waals surface area (Å²) in [6.07, 6.45) is -3.61. The zero-order valence-corrected chi connectivity index (χ0v) is 29.1. The highest BCUT2D eigenvalue weighted by Crippen LogP contribution is 2.47. The molecule has 2 aliphatic heterocycles. The van der Waals surface area contributed by atoms with Crippen LogP contribution in [0.5, 0.6) is 0 Å². The molecule has 0 saturated carbocycles. The number of rotatable bonds is 10. The molecule has 0 aromatic heterocycles. The smallest absolute Gasteiger partial charge is 0.338 e. The maximum absolute atomic E-state index is 13.4. The van der Waals surface area contributed by atoms with Gasteiger partial charge in [-0.15, -0.1) is 0 Å². The van der Waals surface area contributed by atoms with Gasteiger partial charge in [0.05, 0.1) is 18.8 Å². The fraction of sp³-hybridized carbons (Fsp3) is 0.606. The molecular weight excluding hydrogens is 581 g/mol. The van der Waals surface area contributed by atoms with E-state index in [0.29, 0.717) is 5.56 Å². The molecular formula is C33H50O8Si2. The Kier molecular flexibility index (Phi) is 11.4. The Bertz CT molecular complexity index is 1140. The van der Waals surface area contributed by atoms with Gasteiger partial charge in [-0.1, -0.05) is 104 Å². The van der Waals surface area contributed by atoms with Crippen LogP contribution in [0.1, 0.15) is 71.3 Å². The van der Waals surface area contributed by atoms with Crippen molar-refractivity contribution in [3.63, 3.8) is 0 Å². The SMILES string of the molecule is CO[C@@H]1[C@@H](OC(=O)c2ccccc2)[C@H](OCc2ccccc2)O[C@@H]2CO[Si](C(C)C)(C(C)C)O[Si](C(C)C)(C(C)C)O[C@@H]12. The Morgan fingerprint density at radius 3 is 1.91 bits per heavy atom. The summed E-state index contributed by atoms with van der Waals surface area (Å²) in [5.41, 5.74) is 2.05. The standard InChI is InChI=1S/C33H50O8Si2/c1-22(2)42(23(3)4)37-21-28-29(40-43(41-42,24(5)6)25(7)8)30(35-9)31(39-32(34)27-18-14-11-15-19-27)33(38-28)36-20-26-16-12-10-13-17-26/h10-19,22-25,28-31,33H,20-21H2,1-9H3/t28-,29-,30+,31-,33-/m1/s1. The van der Waals surface area contributed by atoms with E-state index in [1.54, 1.807) is 31.4 Å². The van der Waals surface area contributed by atoms with Crippen LogP contribution in [-0.2, 0) is 38.5 Å².